The summed E-state index contributed by atoms with van der Waals surface area (Å²) < 4.78 is 0. The van der Waals surface area contributed by atoms with Gasteiger partial charge in [0.1, 0.15) is 0 Å². The van der Waals surface area contributed by atoms with Crippen LogP contribution < -0.4 is 5.73 Å². The molecule has 0 aliphatic rings. The Morgan fingerprint density at radius 3 is 1.86 bits per heavy atom. The van der Waals surface area contributed by atoms with E-state index in [1.165, 1.54) is 18.2 Å². The van der Waals surface area contributed by atoms with Crippen molar-refractivity contribution in [1.82, 2.24) is 0 Å². The molecule has 1 amide bonds. The molecule has 0 saturated heterocycles. The van der Waals surface area contributed by atoms with E-state index in [2.05, 4.69) is 12.3 Å². The van der Waals surface area contributed by atoms with E-state index in [-0.39, 0.29) is 11.5 Å². The number of primary amides is 1. The summed E-state index contributed by atoms with van der Waals surface area (Å²) in [5.74, 6) is -1.58. The van der Waals surface area contributed by atoms with Crippen molar-refractivity contribution in [3.8, 4) is 17.2 Å². The third kappa shape index (κ3) is 4.01. The highest BCUT2D eigenvalue weighted by molar-refractivity contribution is 5.84. The predicted octanol–water partition coefficient (Wildman–Crippen LogP) is 0.461. The number of amides is 1. The standard InChI is InChI=1S/C6H6O3.C3H5NO/c7-4-2-1-3-5(8)6(4)9;1-2-3(4)5/h1-3,7-9H;2H,1H2,(H2,4,5). The van der Waals surface area contributed by atoms with Gasteiger partial charge in [-0.05, 0) is 18.2 Å². The highest BCUT2D eigenvalue weighted by Gasteiger charge is 2.00. The zero-order valence-electron chi connectivity index (χ0n) is 7.34. The lowest BCUT2D eigenvalue weighted by atomic mass is 10.3. The molecule has 5 N–H and O–H groups in total. The summed E-state index contributed by atoms with van der Waals surface area (Å²) in [7, 11) is 0. The number of nitrogens with two attached hydrogens (primary N) is 1. The molecular weight excluding hydrogens is 186 g/mol. The molecular formula is C9H11NO4. The van der Waals surface area contributed by atoms with Crippen LogP contribution in [0.4, 0.5) is 0 Å². The monoisotopic (exact) mass is 197 g/mol. The van der Waals surface area contributed by atoms with Gasteiger partial charge in [0.05, 0.1) is 0 Å². The van der Waals surface area contributed by atoms with Gasteiger partial charge in [0, 0.05) is 0 Å². The van der Waals surface area contributed by atoms with Crippen LogP contribution in [0.15, 0.2) is 30.9 Å². The van der Waals surface area contributed by atoms with E-state index in [9.17, 15) is 4.79 Å². The second-order valence-corrected chi connectivity index (χ2v) is 2.25. The van der Waals surface area contributed by atoms with Crippen molar-refractivity contribution >= 4 is 5.91 Å². The number of hydrogen-bond donors (Lipinski definition) is 4. The average Bonchev–Trinajstić information content (AvgIpc) is 2.15. The first-order valence-electron chi connectivity index (χ1n) is 3.60. The van der Waals surface area contributed by atoms with Crippen LogP contribution in [0.5, 0.6) is 17.2 Å². The minimum Gasteiger partial charge on any atom is -0.504 e. The zero-order chi connectivity index (χ0) is 11.1. The summed E-state index contributed by atoms with van der Waals surface area (Å²) in [4.78, 5) is 9.47. The first-order chi connectivity index (χ1) is 6.49. The van der Waals surface area contributed by atoms with E-state index in [1.807, 2.05) is 0 Å². The van der Waals surface area contributed by atoms with Crippen molar-refractivity contribution in [3.63, 3.8) is 0 Å². The van der Waals surface area contributed by atoms with Gasteiger partial charge < -0.3 is 21.1 Å². The van der Waals surface area contributed by atoms with Gasteiger partial charge >= 0.3 is 0 Å². The van der Waals surface area contributed by atoms with Gasteiger partial charge in [0.25, 0.3) is 0 Å². The lowest BCUT2D eigenvalue weighted by molar-refractivity contribution is -0.113. The molecule has 0 fully saturated rings. The maximum atomic E-state index is 9.47. The molecule has 0 aliphatic carbocycles. The number of carbonyl (C=O) groups excluding carboxylic acids is 1. The van der Waals surface area contributed by atoms with Crippen LogP contribution in [0.2, 0.25) is 0 Å². The Morgan fingerprint density at radius 1 is 1.29 bits per heavy atom. The Balaban J connectivity index is 0.000000292. The molecule has 0 spiro atoms. The van der Waals surface area contributed by atoms with Crippen LogP contribution in [-0.4, -0.2) is 21.2 Å². The lowest BCUT2D eigenvalue weighted by Crippen LogP contribution is -2.04. The summed E-state index contributed by atoms with van der Waals surface area (Å²) in [5, 5.41) is 26.1. The second-order valence-electron chi connectivity index (χ2n) is 2.25. The Kier molecular flexibility index (Phi) is 4.62. The molecule has 5 heteroatoms. The number of benzene rings is 1. The first kappa shape index (κ1) is 11.8. The van der Waals surface area contributed by atoms with Crippen LogP contribution in [-0.2, 0) is 4.79 Å². The van der Waals surface area contributed by atoms with Gasteiger partial charge in [0.2, 0.25) is 5.91 Å². The molecule has 0 unspecified atom stereocenters. The molecule has 14 heavy (non-hydrogen) atoms. The van der Waals surface area contributed by atoms with Gasteiger partial charge in [-0.15, -0.1) is 0 Å². The number of hydrogen-bond acceptors (Lipinski definition) is 4. The van der Waals surface area contributed by atoms with Crippen molar-refractivity contribution in [1.29, 1.82) is 0 Å². The highest BCUT2D eigenvalue weighted by Crippen LogP contribution is 2.32. The molecule has 0 aliphatic heterocycles. The zero-order valence-corrected chi connectivity index (χ0v) is 7.34. The fraction of sp³-hybridized carbons (Fsp3) is 0. The van der Waals surface area contributed by atoms with Crippen LogP contribution >= 0.6 is 0 Å². The van der Waals surface area contributed by atoms with Gasteiger partial charge in [-0.1, -0.05) is 12.6 Å². The maximum absolute atomic E-state index is 9.47. The van der Waals surface area contributed by atoms with E-state index < -0.39 is 11.7 Å². The molecule has 1 aromatic carbocycles. The molecule has 1 aromatic rings. The molecule has 0 saturated carbocycles. The van der Waals surface area contributed by atoms with E-state index in [4.69, 9.17) is 15.3 Å². The Labute approximate surface area is 80.7 Å². The molecule has 0 radical (unpaired) electrons. The third-order valence-corrected chi connectivity index (χ3v) is 1.19. The van der Waals surface area contributed by atoms with Crippen molar-refractivity contribution in [2.75, 3.05) is 0 Å². The summed E-state index contributed by atoms with van der Waals surface area (Å²) in [6.45, 7) is 3.09. The first-order valence-corrected chi connectivity index (χ1v) is 3.60. The Hall–Kier alpha value is -2.17. The summed E-state index contributed by atoms with van der Waals surface area (Å²) in [6.07, 6.45) is 1.06. The Bertz CT molecular complexity index is 315. The van der Waals surface area contributed by atoms with Gasteiger partial charge in [-0.2, -0.15) is 0 Å². The molecule has 0 aromatic heterocycles. The number of aromatic hydroxyl groups is 3. The average molecular weight is 197 g/mol. The summed E-state index contributed by atoms with van der Waals surface area (Å²) in [6, 6.07) is 4.01. The van der Waals surface area contributed by atoms with Crippen LogP contribution in [0.1, 0.15) is 0 Å². The number of carbonyl (C=O) groups is 1. The van der Waals surface area contributed by atoms with Gasteiger partial charge in [-0.25, -0.2) is 0 Å². The number of phenolic OH excluding ortho intramolecular Hbond substituents is 3. The van der Waals surface area contributed by atoms with Crippen LogP contribution in [0.3, 0.4) is 0 Å². The minimum atomic E-state index is -0.481. The topological polar surface area (TPSA) is 104 Å². The van der Waals surface area contributed by atoms with Gasteiger partial charge in [0.15, 0.2) is 17.2 Å². The number of para-hydroxylation sites is 1. The number of rotatable bonds is 1. The summed E-state index contributed by atoms with van der Waals surface area (Å²) >= 11 is 0. The van der Waals surface area contributed by atoms with E-state index in [0.29, 0.717) is 0 Å². The van der Waals surface area contributed by atoms with E-state index >= 15 is 0 Å². The second kappa shape index (κ2) is 5.47. The van der Waals surface area contributed by atoms with Crippen molar-refractivity contribution < 1.29 is 20.1 Å². The molecule has 5 nitrogen and oxygen atoms in total. The fourth-order valence-electron chi connectivity index (χ4n) is 0.519. The largest absolute Gasteiger partial charge is 0.504 e. The van der Waals surface area contributed by atoms with Gasteiger partial charge in [-0.3, -0.25) is 4.79 Å². The Morgan fingerprint density at radius 2 is 1.64 bits per heavy atom. The molecule has 0 heterocycles. The van der Waals surface area contributed by atoms with Crippen molar-refractivity contribution in [3.05, 3.63) is 30.9 Å². The molecule has 1 rings (SSSR count). The van der Waals surface area contributed by atoms with E-state index in [0.717, 1.165) is 6.08 Å². The van der Waals surface area contributed by atoms with Crippen molar-refractivity contribution in [2.45, 2.75) is 0 Å². The quantitative estimate of drug-likeness (QED) is 0.388. The van der Waals surface area contributed by atoms with Crippen LogP contribution in [0, 0.1) is 0 Å². The van der Waals surface area contributed by atoms with Crippen molar-refractivity contribution in [2.24, 2.45) is 5.73 Å². The highest BCUT2D eigenvalue weighted by atomic mass is 16.3. The molecule has 0 atom stereocenters. The minimum absolute atomic E-state index is 0.310. The molecule has 0 bridgehead atoms. The lowest BCUT2D eigenvalue weighted by Gasteiger charge is -1.96. The fourth-order valence-corrected chi connectivity index (χ4v) is 0.519. The SMILES string of the molecule is C=CC(N)=O.Oc1cccc(O)c1O. The van der Waals surface area contributed by atoms with E-state index in [1.54, 1.807) is 0 Å². The number of phenols is 3. The maximum Gasteiger partial charge on any atom is 0.240 e. The summed E-state index contributed by atoms with van der Waals surface area (Å²) in [5.41, 5.74) is 4.53. The predicted molar refractivity (Wildman–Crippen MR) is 50.8 cm³/mol. The normalized spacial score (nSPS) is 8.29. The smallest absolute Gasteiger partial charge is 0.240 e. The molecule has 76 valence electrons. The van der Waals surface area contributed by atoms with Crippen LogP contribution in [0.25, 0.3) is 0 Å². The third-order valence-electron chi connectivity index (χ3n) is 1.19.